The van der Waals surface area contributed by atoms with Crippen LogP contribution >= 0.6 is 0 Å². The Bertz CT molecular complexity index is 403. The number of piperidine rings is 1. The summed E-state index contributed by atoms with van der Waals surface area (Å²) in [7, 11) is 0. The van der Waals surface area contributed by atoms with Gasteiger partial charge in [-0.1, -0.05) is 51.1 Å². The lowest BCUT2D eigenvalue weighted by atomic mass is 9.84. The van der Waals surface area contributed by atoms with Gasteiger partial charge in [0.1, 0.15) is 0 Å². The smallest absolute Gasteiger partial charge is 0.0348 e. The Hall–Kier alpha value is -0.860. The normalized spacial score (nSPS) is 28.5. The van der Waals surface area contributed by atoms with E-state index in [0.717, 1.165) is 6.54 Å². The molecule has 0 aromatic heterocycles. The van der Waals surface area contributed by atoms with E-state index in [9.17, 15) is 0 Å². The van der Waals surface area contributed by atoms with Crippen LogP contribution < -0.4 is 5.32 Å². The quantitative estimate of drug-likeness (QED) is 0.842. The van der Waals surface area contributed by atoms with Crippen LogP contribution in [-0.4, -0.2) is 30.1 Å². The molecule has 1 aromatic rings. The van der Waals surface area contributed by atoms with Crippen molar-refractivity contribution >= 4 is 0 Å². The van der Waals surface area contributed by atoms with Gasteiger partial charge in [0.05, 0.1) is 0 Å². The third-order valence-electron chi connectivity index (χ3n) is 5.24. The first-order valence-electron chi connectivity index (χ1n) is 8.73. The van der Waals surface area contributed by atoms with Gasteiger partial charge in [-0.3, -0.25) is 4.90 Å². The first-order valence-corrected chi connectivity index (χ1v) is 8.73. The second kappa shape index (κ2) is 7.95. The number of nitrogens with one attached hydrogen (secondary N) is 1. The number of rotatable bonds is 6. The fraction of sp³-hybridized carbons (Fsp3) is 0.684. The fourth-order valence-corrected chi connectivity index (χ4v) is 3.79. The summed E-state index contributed by atoms with van der Waals surface area (Å²) in [5.41, 5.74) is 1.47. The second-order valence-electron chi connectivity index (χ2n) is 6.52. The summed E-state index contributed by atoms with van der Waals surface area (Å²) in [6.45, 7) is 11.8. The first-order chi connectivity index (χ1) is 10.2. The van der Waals surface area contributed by atoms with Crippen molar-refractivity contribution in [1.82, 2.24) is 10.2 Å². The Balaban J connectivity index is 2.07. The molecule has 0 spiro atoms. The zero-order valence-electron chi connectivity index (χ0n) is 14.2. The average Bonchev–Trinajstić information content (AvgIpc) is 2.52. The van der Waals surface area contributed by atoms with Crippen molar-refractivity contribution in [2.75, 3.05) is 13.1 Å². The molecule has 2 heteroatoms. The lowest BCUT2D eigenvalue weighted by Gasteiger charge is -2.46. The van der Waals surface area contributed by atoms with Crippen LogP contribution in [0.15, 0.2) is 30.3 Å². The minimum absolute atomic E-state index is 0.566. The Kier molecular flexibility index (Phi) is 6.25. The van der Waals surface area contributed by atoms with E-state index in [1.54, 1.807) is 0 Å². The van der Waals surface area contributed by atoms with Crippen LogP contribution in [0.3, 0.4) is 0 Å². The van der Waals surface area contributed by atoms with Crippen molar-refractivity contribution in [3.05, 3.63) is 35.9 Å². The van der Waals surface area contributed by atoms with Gasteiger partial charge in [0.2, 0.25) is 0 Å². The van der Waals surface area contributed by atoms with Gasteiger partial charge in [0.25, 0.3) is 0 Å². The molecule has 1 N–H and O–H groups in total. The van der Waals surface area contributed by atoms with Gasteiger partial charge >= 0.3 is 0 Å². The summed E-state index contributed by atoms with van der Waals surface area (Å²) in [5.74, 6) is 0.711. The van der Waals surface area contributed by atoms with E-state index in [4.69, 9.17) is 0 Å². The highest BCUT2D eigenvalue weighted by atomic mass is 15.2. The predicted octanol–water partition coefficient (Wildman–Crippen LogP) is 4.24. The van der Waals surface area contributed by atoms with Crippen molar-refractivity contribution in [2.45, 2.75) is 65.1 Å². The van der Waals surface area contributed by atoms with Crippen molar-refractivity contribution < 1.29 is 0 Å². The number of nitrogens with zero attached hydrogens (tertiary/aromatic N) is 1. The summed E-state index contributed by atoms with van der Waals surface area (Å²) < 4.78 is 0. The van der Waals surface area contributed by atoms with E-state index in [-0.39, 0.29) is 0 Å². The third kappa shape index (κ3) is 3.87. The zero-order chi connectivity index (χ0) is 15.2. The third-order valence-corrected chi connectivity index (χ3v) is 5.24. The topological polar surface area (TPSA) is 15.3 Å². The van der Waals surface area contributed by atoms with Gasteiger partial charge in [-0.05, 0) is 44.2 Å². The van der Waals surface area contributed by atoms with E-state index in [1.165, 1.54) is 31.4 Å². The lowest BCUT2D eigenvalue weighted by Crippen LogP contribution is -2.54. The first kappa shape index (κ1) is 16.5. The van der Waals surface area contributed by atoms with Crippen LogP contribution in [0.4, 0.5) is 0 Å². The van der Waals surface area contributed by atoms with Crippen LogP contribution in [0, 0.1) is 5.92 Å². The van der Waals surface area contributed by atoms with Gasteiger partial charge in [0.15, 0.2) is 0 Å². The monoisotopic (exact) mass is 288 g/mol. The van der Waals surface area contributed by atoms with Crippen LogP contribution in [0.2, 0.25) is 0 Å². The maximum Gasteiger partial charge on any atom is 0.0348 e. The number of likely N-dealkylation sites (tertiary alicyclic amines) is 1. The summed E-state index contributed by atoms with van der Waals surface area (Å²) >= 11 is 0. The molecule has 0 radical (unpaired) electrons. The lowest BCUT2D eigenvalue weighted by molar-refractivity contribution is 0.0443. The van der Waals surface area contributed by atoms with Crippen LogP contribution in [0.25, 0.3) is 0 Å². The number of benzene rings is 1. The summed E-state index contributed by atoms with van der Waals surface area (Å²) in [6, 6.07) is 12.9. The minimum Gasteiger partial charge on any atom is -0.314 e. The molecule has 4 unspecified atom stereocenters. The molecule has 1 aliphatic heterocycles. The number of hydrogen-bond acceptors (Lipinski definition) is 2. The van der Waals surface area contributed by atoms with E-state index in [0.29, 0.717) is 24.0 Å². The zero-order valence-corrected chi connectivity index (χ0v) is 14.2. The SMILES string of the molecule is CCCNC1CCN(C(CC)c2ccccc2)C(C)C1C. The molecule has 118 valence electrons. The molecule has 1 heterocycles. The molecule has 1 saturated heterocycles. The molecule has 1 aliphatic rings. The van der Waals surface area contributed by atoms with Crippen molar-refractivity contribution in [1.29, 1.82) is 0 Å². The molecular weight excluding hydrogens is 256 g/mol. The van der Waals surface area contributed by atoms with E-state index < -0.39 is 0 Å². The molecule has 0 bridgehead atoms. The molecule has 0 amide bonds. The Morgan fingerprint density at radius 1 is 1.19 bits per heavy atom. The van der Waals surface area contributed by atoms with E-state index in [1.807, 2.05) is 0 Å². The average molecular weight is 288 g/mol. The molecule has 0 saturated carbocycles. The van der Waals surface area contributed by atoms with Gasteiger partial charge in [-0.15, -0.1) is 0 Å². The van der Waals surface area contributed by atoms with Gasteiger partial charge in [0, 0.05) is 24.7 Å². The molecule has 2 nitrogen and oxygen atoms in total. The van der Waals surface area contributed by atoms with Gasteiger partial charge < -0.3 is 5.32 Å². The van der Waals surface area contributed by atoms with Crippen molar-refractivity contribution in [3.63, 3.8) is 0 Å². The molecule has 0 aliphatic carbocycles. The second-order valence-corrected chi connectivity index (χ2v) is 6.52. The maximum atomic E-state index is 3.74. The van der Waals surface area contributed by atoms with Gasteiger partial charge in [-0.25, -0.2) is 0 Å². The molecular formula is C19H32N2. The van der Waals surface area contributed by atoms with Crippen LogP contribution in [0.5, 0.6) is 0 Å². The summed E-state index contributed by atoms with van der Waals surface area (Å²) in [5, 5.41) is 3.74. The molecule has 2 rings (SSSR count). The van der Waals surface area contributed by atoms with E-state index in [2.05, 4.69) is 68.2 Å². The Morgan fingerprint density at radius 3 is 2.52 bits per heavy atom. The summed E-state index contributed by atoms with van der Waals surface area (Å²) in [4.78, 5) is 2.73. The molecule has 1 aromatic carbocycles. The molecule has 1 fully saturated rings. The standard InChI is InChI=1S/C19H32N2/c1-5-13-20-18-12-14-21(16(4)15(18)3)19(6-2)17-10-8-7-9-11-17/h7-11,15-16,18-20H,5-6,12-14H2,1-4H3. The van der Waals surface area contributed by atoms with Crippen LogP contribution in [-0.2, 0) is 0 Å². The van der Waals surface area contributed by atoms with E-state index >= 15 is 0 Å². The Labute approximate surface area is 130 Å². The molecule has 21 heavy (non-hydrogen) atoms. The highest BCUT2D eigenvalue weighted by Crippen LogP contribution is 2.33. The predicted molar refractivity (Wildman–Crippen MR) is 91.5 cm³/mol. The van der Waals surface area contributed by atoms with Gasteiger partial charge in [-0.2, -0.15) is 0 Å². The molecule has 4 atom stereocenters. The largest absolute Gasteiger partial charge is 0.314 e. The highest BCUT2D eigenvalue weighted by Gasteiger charge is 2.35. The Morgan fingerprint density at radius 2 is 1.90 bits per heavy atom. The van der Waals surface area contributed by atoms with Crippen molar-refractivity contribution in [2.24, 2.45) is 5.92 Å². The maximum absolute atomic E-state index is 3.74. The number of hydrogen-bond donors (Lipinski definition) is 1. The minimum atomic E-state index is 0.566. The fourth-order valence-electron chi connectivity index (χ4n) is 3.79. The highest BCUT2D eigenvalue weighted by molar-refractivity contribution is 5.19. The van der Waals surface area contributed by atoms with Crippen molar-refractivity contribution in [3.8, 4) is 0 Å². The van der Waals surface area contributed by atoms with Crippen LogP contribution in [0.1, 0.15) is 58.6 Å². The summed E-state index contributed by atoms with van der Waals surface area (Å²) in [6.07, 6.45) is 3.69.